The molecule has 0 aliphatic carbocycles. The lowest BCUT2D eigenvalue weighted by molar-refractivity contribution is -0.157. The molecule has 42 heavy (non-hydrogen) atoms. The molecule has 0 fully saturated rings. The number of carbonyl (C=O) groups excluding carboxylic acids is 2. The fourth-order valence-electron chi connectivity index (χ4n) is 4.25. The van der Waals surface area contributed by atoms with E-state index in [9.17, 15) is 14.0 Å². The molecule has 1 unspecified atom stereocenters. The molecule has 2 aromatic carbocycles. The summed E-state index contributed by atoms with van der Waals surface area (Å²) in [6.45, 7) is 6.39. The van der Waals surface area contributed by atoms with Gasteiger partial charge in [-0.25, -0.2) is 19.2 Å². The van der Waals surface area contributed by atoms with Crippen molar-refractivity contribution < 1.29 is 23.5 Å². The molecule has 0 radical (unpaired) electrons. The minimum Gasteiger partial charge on any atom is -0.458 e. The Hall–Kier alpha value is -3.54. The van der Waals surface area contributed by atoms with Crippen LogP contribution in [0.25, 0.3) is 11.1 Å². The van der Waals surface area contributed by atoms with Gasteiger partial charge in [-0.15, -0.1) is 11.3 Å². The van der Waals surface area contributed by atoms with E-state index in [1.165, 1.54) is 23.5 Å². The van der Waals surface area contributed by atoms with Crippen molar-refractivity contribution in [3.05, 3.63) is 94.7 Å². The van der Waals surface area contributed by atoms with Crippen LogP contribution in [0, 0.1) is 5.82 Å². The van der Waals surface area contributed by atoms with E-state index < -0.39 is 29.6 Å². The number of ether oxygens (including phenoxy) is 2. The molecule has 0 aliphatic heterocycles. The first-order chi connectivity index (χ1) is 20.1. The molecule has 222 valence electrons. The van der Waals surface area contributed by atoms with Gasteiger partial charge in [0.25, 0.3) is 5.91 Å². The van der Waals surface area contributed by atoms with Crippen molar-refractivity contribution in [2.45, 2.75) is 51.5 Å². The second-order valence-corrected chi connectivity index (χ2v) is 12.5. The smallest absolute Gasteiger partial charge is 0.329 e. The summed E-state index contributed by atoms with van der Waals surface area (Å²) in [4.78, 5) is 35.2. The van der Waals surface area contributed by atoms with Crippen molar-refractivity contribution in [1.29, 1.82) is 0 Å². The van der Waals surface area contributed by atoms with Crippen LogP contribution in [0.1, 0.15) is 54.2 Å². The van der Waals surface area contributed by atoms with Gasteiger partial charge in [0.05, 0.1) is 12.9 Å². The molecule has 0 spiro atoms. The highest BCUT2D eigenvalue weighted by Crippen LogP contribution is 2.33. The predicted octanol–water partition coefficient (Wildman–Crippen LogP) is 6.15. The zero-order valence-electron chi connectivity index (χ0n) is 24.1. The average Bonchev–Trinajstić information content (AvgIpc) is 3.67. The van der Waals surface area contributed by atoms with Gasteiger partial charge in [-0.05, 0) is 80.2 Å². The Kier molecular flexibility index (Phi) is 10.9. The number of amides is 1. The molecule has 0 bridgehead atoms. The third kappa shape index (κ3) is 8.73. The van der Waals surface area contributed by atoms with E-state index in [-0.39, 0.29) is 5.82 Å². The number of hydrogen-bond acceptors (Lipinski definition) is 8. The number of thioether (sulfide) groups is 1. The maximum absolute atomic E-state index is 13.9. The maximum atomic E-state index is 13.9. The van der Waals surface area contributed by atoms with Crippen LogP contribution in [0.4, 0.5) is 4.39 Å². The summed E-state index contributed by atoms with van der Waals surface area (Å²) in [5, 5.41) is 5.54. The number of halogens is 1. The Bertz CT molecular complexity index is 1440. The molecule has 11 heteroatoms. The van der Waals surface area contributed by atoms with Crippen molar-refractivity contribution in [3.63, 3.8) is 0 Å². The number of benzene rings is 2. The van der Waals surface area contributed by atoms with E-state index in [1.807, 2.05) is 34.5 Å². The first kappa shape index (κ1) is 31.4. The third-order valence-electron chi connectivity index (χ3n) is 6.22. The molecule has 0 saturated heterocycles. The first-order valence-electron chi connectivity index (χ1n) is 13.5. The number of carbonyl (C=O) groups is 2. The molecule has 8 nitrogen and oxygen atoms in total. The quantitative estimate of drug-likeness (QED) is 0.182. The van der Waals surface area contributed by atoms with Crippen molar-refractivity contribution in [1.82, 2.24) is 19.9 Å². The lowest BCUT2D eigenvalue weighted by Gasteiger charge is -2.25. The molecule has 0 saturated carbocycles. The molecule has 2 heterocycles. The van der Waals surface area contributed by atoms with Crippen LogP contribution in [-0.4, -0.2) is 56.7 Å². The van der Waals surface area contributed by atoms with E-state index in [2.05, 4.69) is 15.3 Å². The Morgan fingerprint density at radius 1 is 1.14 bits per heavy atom. The molecule has 4 rings (SSSR count). The zero-order chi connectivity index (χ0) is 30.1. The van der Waals surface area contributed by atoms with Crippen LogP contribution in [0.5, 0.6) is 0 Å². The van der Waals surface area contributed by atoms with Gasteiger partial charge < -0.3 is 19.4 Å². The van der Waals surface area contributed by atoms with Gasteiger partial charge in [-0.3, -0.25) is 4.79 Å². The van der Waals surface area contributed by atoms with Crippen molar-refractivity contribution >= 4 is 35.0 Å². The van der Waals surface area contributed by atoms with Crippen LogP contribution in [-0.2, 0) is 20.8 Å². The van der Waals surface area contributed by atoms with Gasteiger partial charge in [0, 0.05) is 36.1 Å². The summed E-state index contributed by atoms with van der Waals surface area (Å²) in [5.74, 6) is -0.629. The van der Waals surface area contributed by atoms with Gasteiger partial charge in [0.15, 0.2) is 0 Å². The Morgan fingerprint density at radius 3 is 2.57 bits per heavy atom. The lowest BCUT2D eigenvalue weighted by Crippen LogP contribution is -2.44. The highest BCUT2D eigenvalue weighted by atomic mass is 32.2. The summed E-state index contributed by atoms with van der Waals surface area (Å²) < 4.78 is 27.7. The van der Waals surface area contributed by atoms with Crippen molar-refractivity contribution in [2.75, 3.05) is 18.6 Å². The second kappa shape index (κ2) is 14.6. The molecule has 4 aromatic rings. The minimum atomic E-state index is -0.820. The number of nitrogens with zero attached hydrogens (tertiary/aromatic N) is 3. The van der Waals surface area contributed by atoms with E-state index in [4.69, 9.17) is 9.47 Å². The molecule has 0 aliphatic rings. The molecule has 1 N–H and O–H groups in total. The standard InChI is InChI=1S/C31H35FN4O4S2/c1-31(2,3)40-30(38)26(11-17-41-4)35-28(37)24-10-7-22(19-25(24)21-5-8-23(32)9-6-21)27(29-34-13-18-42-29)39-16-15-36-14-12-33-20-36/h5-10,12-14,18-20,26-27H,11,15-17H2,1-4H3,(H,35,37)/t26-,27?/m0/s1. The summed E-state index contributed by atoms with van der Waals surface area (Å²) in [6.07, 6.45) is 8.90. The number of nitrogens with one attached hydrogen (secondary N) is 1. The number of imidazole rings is 1. The topological polar surface area (TPSA) is 95.3 Å². The first-order valence-corrected chi connectivity index (χ1v) is 15.8. The van der Waals surface area contributed by atoms with Crippen LogP contribution in [0.15, 0.2) is 72.8 Å². The highest BCUT2D eigenvalue weighted by molar-refractivity contribution is 7.98. The van der Waals surface area contributed by atoms with Crippen LogP contribution in [0.2, 0.25) is 0 Å². The van der Waals surface area contributed by atoms with Crippen LogP contribution >= 0.6 is 23.1 Å². The van der Waals surface area contributed by atoms with Crippen LogP contribution in [0.3, 0.4) is 0 Å². The van der Waals surface area contributed by atoms with Crippen molar-refractivity contribution in [2.24, 2.45) is 0 Å². The summed E-state index contributed by atoms with van der Waals surface area (Å²) in [5.41, 5.74) is 1.68. The van der Waals surface area contributed by atoms with Crippen LogP contribution < -0.4 is 5.32 Å². The largest absolute Gasteiger partial charge is 0.458 e. The average molecular weight is 611 g/mol. The predicted molar refractivity (Wildman–Crippen MR) is 164 cm³/mol. The third-order valence-corrected chi connectivity index (χ3v) is 7.69. The normalized spacial score (nSPS) is 13.0. The molecule has 1 amide bonds. The van der Waals surface area contributed by atoms with Gasteiger partial charge in [0.1, 0.15) is 28.6 Å². The highest BCUT2D eigenvalue weighted by Gasteiger charge is 2.28. The molecular weight excluding hydrogens is 575 g/mol. The number of thiazole rings is 1. The second-order valence-electron chi connectivity index (χ2n) is 10.6. The molecule has 2 atom stereocenters. The molecular formula is C31H35FN4O4S2. The summed E-state index contributed by atoms with van der Waals surface area (Å²) >= 11 is 3.05. The number of aromatic nitrogens is 3. The summed E-state index contributed by atoms with van der Waals surface area (Å²) in [6, 6.07) is 10.6. The van der Waals surface area contributed by atoms with Gasteiger partial charge in [0.2, 0.25) is 0 Å². The van der Waals surface area contributed by atoms with Gasteiger partial charge >= 0.3 is 5.97 Å². The minimum absolute atomic E-state index is 0.347. The van der Waals surface area contributed by atoms with Gasteiger partial charge in [-0.1, -0.05) is 18.2 Å². The number of rotatable bonds is 13. The van der Waals surface area contributed by atoms with Gasteiger partial charge in [-0.2, -0.15) is 11.8 Å². The molecule has 2 aromatic heterocycles. The Labute approximate surface area is 253 Å². The number of esters is 1. The SMILES string of the molecule is CSCC[C@H](NC(=O)c1ccc(C(OCCn2ccnc2)c2nccs2)cc1-c1ccc(F)cc1)C(=O)OC(C)(C)C. The maximum Gasteiger partial charge on any atom is 0.329 e. The van der Waals surface area contributed by atoms with Crippen molar-refractivity contribution in [3.8, 4) is 11.1 Å². The van der Waals surface area contributed by atoms with E-state index in [0.717, 1.165) is 10.6 Å². The summed E-state index contributed by atoms with van der Waals surface area (Å²) in [7, 11) is 0. The monoisotopic (exact) mass is 610 g/mol. The fourth-order valence-corrected chi connectivity index (χ4v) is 5.44. The Morgan fingerprint density at radius 2 is 1.93 bits per heavy atom. The van der Waals surface area contributed by atoms with E-state index in [0.29, 0.717) is 42.0 Å². The fraction of sp³-hybridized carbons (Fsp3) is 0.355. The Balaban J connectivity index is 1.67. The zero-order valence-corrected chi connectivity index (χ0v) is 25.7. The van der Waals surface area contributed by atoms with E-state index in [1.54, 1.807) is 69.5 Å². The lowest BCUT2D eigenvalue weighted by atomic mass is 9.94. The van der Waals surface area contributed by atoms with E-state index >= 15 is 0 Å². The number of hydrogen-bond donors (Lipinski definition) is 1.